The molecule has 0 spiro atoms. The number of hydrogen-bond donors (Lipinski definition) is 3. The molecule has 0 saturated heterocycles. The van der Waals surface area contributed by atoms with Crippen molar-refractivity contribution in [2.24, 2.45) is 16.5 Å². The number of hydrogen-bond acceptors (Lipinski definition) is 6. The lowest BCUT2D eigenvalue weighted by molar-refractivity contribution is 0.151. The van der Waals surface area contributed by atoms with E-state index >= 15 is 0 Å². The SMILES string of the molecule is COc1ccc(Cn2c(NCCN=C(N)N)nc(=O)n(Cc3ccc(C(F)F)cc3)c2=O)cc1. The average Bonchev–Trinajstić information content (AvgIpc) is 2.82. The molecule has 3 rings (SSSR count). The molecule has 0 unspecified atom stereocenters. The van der Waals surface area contributed by atoms with Gasteiger partial charge in [-0.3, -0.25) is 9.56 Å². The molecule has 0 aliphatic rings. The van der Waals surface area contributed by atoms with Gasteiger partial charge >= 0.3 is 11.4 Å². The van der Waals surface area contributed by atoms with Crippen LogP contribution in [-0.2, 0) is 13.1 Å². The molecule has 5 N–H and O–H groups in total. The minimum atomic E-state index is -2.61. The van der Waals surface area contributed by atoms with Crippen molar-refractivity contribution in [2.45, 2.75) is 19.5 Å². The molecular formula is C22H25F2N7O3. The van der Waals surface area contributed by atoms with Crippen LogP contribution in [0.4, 0.5) is 14.7 Å². The average molecular weight is 473 g/mol. The maximum atomic E-state index is 13.3. The van der Waals surface area contributed by atoms with E-state index < -0.39 is 17.8 Å². The van der Waals surface area contributed by atoms with Gasteiger partial charge in [0.25, 0.3) is 6.43 Å². The summed E-state index contributed by atoms with van der Waals surface area (Å²) in [5.74, 6) is 0.626. The van der Waals surface area contributed by atoms with Crippen molar-refractivity contribution in [1.82, 2.24) is 14.1 Å². The predicted molar refractivity (Wildman–Crippen MR) is 125 cm³/mol. The molecule has 2 aromatic carbocycles. The van der Waals surface area contributed by atoms with Gasteiger partial charge < -0.3 is 21.5 Å². The van der Waals surface area contributed by atoms with E-state index in [9.17, 15) is 18.4 Å². The van der Waals surface area contributed by atoms with Crippen LogP contribution in [-0.4, -0.2) is 40.3 Å². The van der Waals surface area contributed by atoms with E-state index in [0.29, 0.717) is 11.3 Å². The number of alkyl halides is 2. The van der Waals surface area contributed by atoms with E-state index in [2.05, 4.69) is 15.3 Å². The molecular weight excluding hydrogens is 448 g/mol. The number of anilines is 1. The smallest absolute Gasteiger partial charge is 0.355 e. The van der Waals surface area contributed by atoms with Crippen LogP contribution in [0.25, 0.3) is 0 Å². The Kier molecular flexibility index (Phi) is 7.96. The number of aromatic nitrogens is 3. The Labute approximate surface area is 193 Å². The van der Waals surface area contributed by atoms with E-state index in [0.717, 1.165) is 10.1 Å². The summed E-state index contributed by atoms with van der Waals surface area (Å²) in [5.41, 5.74) is 10.4. The van der Waals surface area contributed by atoms with Crippen molar-refractivity contribution in [3.05, 3.63) is 86.2 Å². The number of nitrogens with zero attached hydrogens (tertiary/aromatic N) is 4. The highest BCUT2D eigenvalue weighted by Crippen LogP contribution is 2.19. The van der Waals surface area contributed by atoms with Crippen LogP contribution in [0.5, 0.6) is 5.75 Å². The maximum absolute atomic E-state index is 13.3. The number of halogens is 2. The summed E-state index contributed by atoms with van der Waals surface area (Å²) < 4.78 is 33.1. The number of ether oxygens (including phenoxy) is 1. The predicted octanol–water partition coefficient (Wildman–Crippen LogP) is 1.13. The standard InChI is InChI=1S/C22H25F2N7O3/c1-34-17-8-4-15(5-9-17)12-30-20(28-11-10-27-19(25)26)29-21(32)31(22(30)33)13-14-2-6-16(7-3-14)18(23)24/h2-9,18H,10-13H2,1H3,(H4,25,26,27)(H,28,29,32). The minimum absolute atomic E-state index is 0.0564. The molecule has 0 aliphatic carbocycles. The fraction of sp³-hybridized carbons (Fsp3) is 0.273. The lowest BCUT2D eigenvalue weighted by atomic mass is 10.1. The molecule has 12 heteroatoms. The summed E-state index contributed by atoms with van der Waals surface area (Å²) in [4.78, 5) is 33.8. The van der Waals surface area contributed by atoms with Gasteiger partial charge in [0.15, 0.2) is 5.96 Å². The van der Waals surface area contributed by atoms with Gasteiger partial charge in [-0.15, -0.1) is 0 Å². The quantitative estimate of drug-likeness (QED) is 0.228. The van der Waals surface area contributed by atoms with Crippen LogP contribution in [0.3, 0.4) is 0 Å². The lowest BCUT2D eigenvalue weighted by Gasteiger charge is -2.15. The zero-order chi connectivity index (χ0) is 24.7. The summed E-state index contributed by atoms with van der Waals surface area (Å²) in [5, 5.41) is 2.92. The van der Waals surface area contributed by atoms with Crippen molar-refractivity contribution >= 4 is 11.9 Å². The number of guanidine groups is 1. The Hall–Kier alpha value is -4.22. The topological polar surface area (TPSA) is 143 Å². The van der Waals surface area contributed by atoms with Crippen molar-refractivity contribution in [3.8, 4) is 5.75 Å². The number of methoxy groups -OCH3 is 1. The van der Waals surface area contributed by atoms with Gasteiger partial charge in [-0.2, -0.15) is 4.98 Å². The summed E-state index contributed by atoms with van der Waals surface area (Å²) in [6.07, 6.45) is -2.61. The van der Waals surface area contributed by atoms with Crippen LogP contribution >= 0.6 is 0 Å². The number of nitrogens with two attached hydrogens (primary N) is 2. The maximum Gasteiger partial charge on any atom is 0.355 e. The summed E-state index contributed by atoms with van der Waals surface area (Å²) >= 11 is 0. The first-order valence-electron chi connectivity index (χ1n) is 10.3. The minimum Gasteiger partial charge on any atom is -0.497 e. The Morgan fingerprint density at radius 3 is 2.18 bits per heavy atom. The van der Waals surface area contributed by atoms with Crippen LogP contribution in [0, 0.1) is 0 Å². The zero-order valence-corrected chi connectivity index (χ0v) is 18.4. The van der Waals surface area contributed by atoms with Gasteiger partial charge in [-0.05, 0) is 23.3 Å². The molecule has 1 aromatic heterocycles. The van der Waals surface area contributed by atoms with Crippen molar-refractivity contribution in [3.63, 3.8) is 0 Å². The Bertz CT molecular complexity index is 1250. The Balaban J connectivity index is 1.96. The molecule has 1 heterocycles. The molecule has 0 atom stereocenters. The molecule has 0 bridgehead atoms. The third kappa shape index (κ3) is 6.18. The van der Waals surface area contributed by atoms with Crippen molar-refractivity contribution < 1.29 is 13.5 Å². The molecule has 0 amide bonds. The van der Waals surface area contributed by atoms with Gasteiger partial charge in [-0.1, -0.05) is 36.4 Å². The molecule has 34 heavy (non-hydrogen) atoms. The molecule has 10 nitrogen and oxygen atoms in total. The monoisotopic (exact) mass is 473 g/mol. The second-order valence-electron chi connectivity index (χ2n) is 7.30. The molecule has 3 aromatic rings. The van der Waals surface area contributed by atoms with Crippen LogP contribution in [0.15, 0.2) is 63.1 Å². The summed E-state index contributed by atoms with van der Waals surface area (Å²) in [6.45, 7) is 0.432. The fourth-order valence-corrected chi connectivity index (χ4v) is 3.16. The third-order valence-corrected chi connectivity index (χ3v) is 4.91. The number of benzene rings is 2. The van der Waals surface area contributed by atoms with E-state index in [1.54, 1.807) is 31.4 Å². The second kappa shape index (κ2) is 11.1. The molecule has 180 valence electrons. The van der Waals surface area contributed by atoms with Gasteiger partial charge in [0, 0.05) is 12.1 Å². The highest BCUT2D eigenvalue weighted by atomic mass is 19.3. The molecule has 0 fully saturated rings. The third-order valence-electron chi connectivity index (χ3n) is 4.91. The zero-order valence-electron chi connectivity index (χ0n) is 18.4. The Morgan fingerprint density at radius 2 is 1.62 bits per heavy atom. The van der Waals surface area contributed by atoms with E-state index in [-0.39, 0.29) is 43.7 Å². The highest BCUT2D eigenvalue weighted by Gasteiger charge is 2.15. The lowest BCUT2D eigenvalue weighted by Crippen LogP contribution is -2.43. The number of nitrogens with one attached hydrogen (secondary N) is 1. The van der Waals surface area contributed by atoms with Crippen molar-refractivity contribution in [2.75, 3.05) is 25.5 Å². The van der Waals surface area contributed by atoms with Gasteiger partial charge in [0.2, 0.25) is 5.95 Å². The van der Waals surface area contributed by atoms with Crippen molar-refractivity contribution in [1.29, 1.82) is 0 Å². The van der Waals surface area contributed by atoms with Gasteiger partial charge in [0.1, 0.15) is 5.75 Å². The molecule has 0 radical (unpaired) electrons. The number of aliphatic imine (C=N–C) groups is 1. The first-order valence-corrected chi connectivity index (χ1v) is 10.3. The van der Waals surface area contributed by atoms with Crippen LogP contribution in [0.1, 0.15) is 23.1 Å². The first-order chi connectivity index (χ1) is 16.3. The molecule has 0 aliphatic heterocycles. The fourth-order valence-electron chi connectivity index (χ4n) is 3.16. The van der Waals surface area contributed by atoms with Gasteiger partial charge in [0.05, 0.1) is 26.7 Å². The highest BCUT2D eigenvalue weighted by molar-refractivity contribution is 5.75. The first kappa shape index (κ1) is 24.4. The summed E-state index contributed by atoms with van der Waals surface area (Å²) in [6, 6.07) is 12.5. The van der Waals surface area contributed by atoms with E-state index in [1.807, 2.05) is 0 Å². The van der Waals surface area contributed by atoms with Crippen LogP contribution < -0.4 is 32.9 Å². The molecule has 0 saturated carbocycles. The van der Waals surface area contributed by atoms with E-state index in [4.69, 9.17) is 16.2 Å². The Morgan fingerprint density at radius 1 is 1.03 bits per heavy atom. The van der Waals surface area contributed by atoms with E-state index in [1.165, 1.54) is 28.8 Å². The van der Waals surface area contributed by atoms with Crippen LogP contribution in [0.2, 0.25) is 0 Å². The second-order valence-corrected chi connectivity index (χ2v) is 7.30. The van der Waals surface area contributed by atoms with Gasteiger partial charge in [-0.25, -0.2) is 22.9 Å². The summed E-state index contributed by atoms with van der Waals surface area (Å²) in [7, 11) is 1.55. The largest absolute Gasteiger partial charge is 0.497 e. The number of rotatable bonds is 10. The normalized spacial score (nSPS) is 10.8.